The third-order valence-corrected chi connectivity index (χ3v) is 3.05. The molecule has 0 fully saturated rings. The van der Waals surface area contributed by atoms with Gasteiger partial charge in [-0.25, -0.2) is 8.78 Å². The van der Waals surface area contributed by atoms with Gasteiger partial charge < -0.3 is 11.1 Å². The van der Waals surface area contributed by atoms with E-state index in [9.17, 15) is 8.78 Å². The number of rotatable bonds is 5. The molecule has 0 amide bonds. The lowest BCUT2D eigenvalue weighted by Crippen LogP contribution is -2.22. The van der Waals surface area contributed by atoms with Gasteiger partial charge in [-0.2, -0.15) is 11.8 Å². The molecule has 0 aliphatic rings. The van der Waals surface area contributed by atoms with Crippen molar-refractivity contribution < 1.29 is 8.78 Å². The minimum absolute atomic E-state index is 0.0269. The highest BCUT2D eigenvalue weighted by atomic mass is 32.2. The van der Waals surface area contributed by atoms with Crippen LogP contribution in [0.4, 0.5) is 20.2 Å². The maximum absolute atomic E-state index is 13.2. The van der Waals surface area contributed by atoms with Crippen LogP contribution in [0.3, 0.4) is 0 Å². The van der Waals surface area contributed by atoms with Crippen LogP contribution >= 0.6 is 11.8 Å². The highest BCUT2D eigenvalue weighted by molar-refractivity contribution is 7.98. The quantitative estimate of drug-likeness (QED) is 0.784. The maximum atomic E-state index is 13.2. The predicted molar refractivity (Wildman–Crippen MR) is 66.9 cm³/mol. The fourth-order valence-corrected chi connectivity index (χ4v) is 2.11. The molecule has 0 radical (unpaired) electrons. The summed E-state index contributed by atoms with van der Waals surface area (Å²) >= 11 is 1.68. The second-order valence-electron chi connectivity index (χ2n) is 3.55. The van der Waals surface area contributed by atoms with Crippen LogP contribution in [0.15, 0.2) is 12.1 Å². The van der Waals surface area contributed by atoms with Crippen molar-refractivity contribution in [3.63, 3.8) is 0 Å². The summed E-state index contributed by atoms with van der Waals surface area (Å²) < 4.78 is 26.2. The minimum Gasteiger partial charge on any atom is -0.395 e. The maximum Gasteiger partial charge on any atom is 0.151 e. The first-order valence-corrected chi connectivity index (χ1v) is 6.47. The topological polar surface area (TPSA) is 38.0 Å². The molecule has 5 heteroatoms. The molecule has 0 spiro atoms. The lowest BCUT2D eigenvalue weighted by atomic mass is 10.2. The number of hydrogen-bond acceptors (Lipinski definition) is 3. The SMILES string of the molecule is CCC(CSC)Nc1cc(F)cc(F)c1N. The van der Waals surface area contributed by atoms with Crippen molar-refractivity contribution in [3.05, 3.63) is 23.8 Å². The number of thioether (sulfide) groups is 1. The normalized spacial score (nSPS) is 12.5. The Morgan fingerprint density at radius 3 is 2.69 bits per heavy atom. The molecule has 0 heterocycles. The van der Waals surface area contributed by atoms with Gasteiger partial charge in [0.15, 0.2) is 5.82 Å². The Balaban J connectivity index is 2.87. The molecule has 1 rings (SSSR count). The van der Waals surface area contributed by atoms with Crippen LogP contribution in [0.1, 0.15) is 13.3 Å². The van der Waals surface area contributed by atoms with Gasteiger partial charge in [0, 0.05) is 17.9 Å². The summed E-state index contributed by atoms with van der Waals surface area (Å²) in [7, 11) is 0. The second-order valence-corrected chi connectivity index (χ2v) is 4.46. The van der Waals surface area contributed by atoms with Gasteiger partial charge in [-0.3, -0.25) is 0 Å². The third-order valence-electron chi connectivity index (χ3n) is 2.31. The van der Waals surface area contributed by atoms with Crippen LogP contribution in [-0.4, -0.2) is 18.1 Å². The summed E-state index contributed by atoms with van der Waals surface area (Å²) in [6.07, 6.45) is 2.86. The van der Waals surface area contributed by atoms with Crippen molar-refractivity contribution in [2.75, 3.05) is 23.1 Å². The fourth-order valence-electron chi connectivity index (χ4n) is 1.39. The van der Waals surface area contributed by atoms with Crippen LogP contribution in [-0.2, 0) is 0 Å². The van der Waals surface area contributed by atoms with Crippen molar-refractivity contribution in [3.8, 4) is 0 Å². The number of nitrogens with two attached hydrogens (primary N) is 1. The van der Waals surface area contributed by atoms with Gasteiger partial charge in [0.1, 0.15) is 5.82 Å². The number of nitrogens with one attached hydrogen (secondary N) is 1. The molecule has 0 bridgehead atoms. The van der Waals surface area contributed by atoms with Gasteiger partial charge in [0.05, 0.1) is 11.4 Å². The largest absolute Gasteiger partial charge is 0.395 e. The summed E-state index contributed by atoms with van der Waals surface area (Å²) in [4.78, 5) is 0. The molecule has 2 nitrogen and oxygen atoms in total. The molecule has 1 aromatic carbocycles. The van der Waals surface area contributed by atoms with Crippen molar-refractivity contribution in [2.24, 2.45) is 0 Å². The number of benzene rings is 1. The van der Waals surface area contributed by atoms with Gasteiger partial charge >= 0.3 is 0 Å². The van der Waals surface area contributed by atoms with Crippen molar-refractivity contribution in [1.82, 2.24) is 0 Å². The molecule has 1 aromatic rings. The highest BCUT2D eigenvalue weighted by Crippen LogP contribution is 2.24. The van der Waals surface area contributed by atoms with Gasteiger partial charge in [-0.1, -0.05) is 6.92 Å². The Kier molecular flexibility index (Phi) is 4.86. The van der Waals surface area contributed by atoms with Gasteiger partial charge in [0.2, 0.25) is 0 Å². The van der Waals surface area contributed by atoms with Crippen LogP contribution in [0.2, 0.25) is 0 Å². The van der Waals surface area contributed by atoms with E-state index in [2.05, 4.69) is 5.32 Å². The Hall–Kier alpha value is -0.970. The van der Waals surface area contributed by atoms with E-state index in [1.807, 2.05) is 13.2 Å². The van der Waals surface area contributed by atoms with E-state index in [-0.39, 0.29) is 11.7 Å². The summed E-state index contributed by atoms with van der Waals surface area (Å²) in [5.74, 6) is -0.469. The summed E-state index contributed by atoms with van der Waals surface area (Å²) in [5.41, 5.74) is 5.84. The fraction of sp³-hybridized carbons (Fsp3) is 0.455. The zero-order valence-corrected chi connectivity index (χ0v) is 10.2. The summed E-state index contributed by atoms with van der Waals surface area (Å²) in [5, 5.41) is 3.05. The first-order valence-electron chi connectivity index (χ1n) is 5.08. The lowest BCUT2D eigenvalue weighted by molar-refractivity contribution is 0.586. The first-order chi connectivity index (χ1) is 7.58. The number of halogens is 2. The van der Waals surface area contributed by atoms with E-state index in [4.69, 9.17) is 5.73 Å². The molecular weight excluding hydrogens is 230 g/mol. The van der Waals surface area contributed by atoms with Crippen LogP contribution in [0.25, 0.3) is 0 Å². The van der Waals surface area contributed by atoms with Gasteiger partial charge in [-0.05, 0) is 18.7 Å². The molecule has 1 unspecified atom stereocenters. The summed E-state index contributed by atoms with van der Waals surface area (Å²) in [6.45, 7) is 2.01. The third kappa shape index (κ3) is 3.27. The van der Waals surface area contributed by atoms with E-state index < -0.39 is 11.6 Å². The van der Waals surface area contributed by atoms with Crippen molar-refractivity contribution in [1.29, 1.82) is 0 Å². The van der Waals surface area contributed by atoms with Crippen LogP contribution in [0.5, 0.6) is 0 Å². The highest BCUT2D eigenvalue weighted by Gasteiger charge is 2.11. The first kappa shape index (κ1) is 13.1. The Labute approximate surface area is 98.6 Å². The molecule has 0 saturated carbocycles. The number of hydrogen-bond donors (Lipinski definition) is 2. The standard InChI is InChI=1S/C11H16F2N2S/c1-3-8(6-16-2)15-10-5-7(12)4-9(13)11(10)14/h4-5,8,15H,3,6,14H2,1-2H3. The zero-order valence-electron chi connectivity index (χ0n) is 9.39. The number of nitrogen functional groups attached to an aromatic ring is 1. The smallest absolute Gasteiger partial charge is 0.151 e. The molecule has 0 aromatic heterocycles. The van der Waals surface area contributed by atoms with Crippen molar-refractivity contribution in [2.45, 2.75) is 19.4 Å². The average molecular weight is 246 g/mol. The zero-order chi connectivity index (χ0) is 12.1. The monoisotopic (exact) mass is 246 g/mol. The molecule has 3 N–H and O–H groups in total. The molecule has 1 atom stereocenters. The molecule has 16 heavy (non-hydrogen) atoms. The Morgan fingerprint density at radius 2 is 2.12 bits per heavy atom. The van der Waals surface area contributed by atoms with E-state index in [0.29, 0.717) is 5.69 Å². The molecule has 0 aliphatic carbocycles. The summed E-state index contributed by atoms with van der Waals surface area (Å²) in [6, 6.07) is 2.18. The Bertz CT molecular complexity index is 358. The van der Waals surface area contributed by atoms with E-state index in [1.165, 1.54) is 6.07 Å². The number of anilines is 2. The second kappa shape index (κ2) is 5.94. The van der Waals surface area contributed by atoms with Crippen molar-refractivity contribution >= 4 is 23.1 Å². The van der Waals surface area contributed by atoms with E-state index in [1.54, 1.807) is 11.8 Å². The van der Waals surface area contributed by atoms with Gasteiger partial charge in [0.25, 0.3) is 0 Å². The van der Waals surface area contributed by atoms with E-state index >= 15 is 0 Å². The minimum atomic E-state index is -0.721. The van der Waals surface area contributed by atoms with Gasteiger partial charge in [-0.15, -0.1) is 0 Å². The molecule has 0 aliphatic heterocycles. The van der Waals surface area contributed by atoms with E-state index in [0.717, 1.165) is 18.2 Å². The van der Waals surface area contributed by atoms with Crippen LogP contribution in [0, 0.1) is 11.6 Å². The molecular formula is C11H16F2N2S. The lowest BCUT2D eigenvalue weighted by Gasteiger charge is -2.18. The van der Waals surface area contributed by atoms with Crippen LogP contribution < -0.4 is 11.1 Å². The predicted octanol–water partition coefficient (Wildman–Crippen LogP) is 3.10. The molecule has 90 valence electrons. The Morgan fingerprint density at radius 1 is 1.44 bits per heavy atom. The average Bonchev–Trinajstić information content (AvgIpc) is 2.24. The molecule has 0 saturated heterocycles.